The van der Waals surface area contributed by atoms with Crippen LogP contribution in [0.1, 0.15) is 6.42 Å². The maximum Gasteiger partial charge on any atom is 0.166 e. The largest absolute Gasteiger partial charge is 0.294 e. The van der Waals surface area contributed by atoms with Crippen LogP contribution in [0.2, 0.25) is 0 Å². The van der Waals surface area contributed by atoms with E-state index in [1.54, 1.807) is 71.0 Å². The van der Waals surface area contributed by atoms with E-state index in [4.69, 9.17) is 0 Å². The molecule has 6 heterocycles. The molecule has 2 aliphatic heterocycles. The topological polar surface area (TPSA) is 81.5 Å². The molecule has 0 saturated heterocycles. The molecule has 2 aliphatic rings. The zero-order valence-corrected chi connectivity index (χ0v) is 28.1. The smallest absolute Gasteiger partial charge is 0.166 e. The van der Waals surface area contributed by atoms with Crippen molar-refractivity contribution in [3.63, 3.8) is 0 Å². The lowest BCUT2D eigenvalue weighted by molar-refractivity contribution is -0.112. The fourth-order valence-electron chi connectivity index (χ4n) is 2.34. The Morgan fingerprint density at radius 3 is 1.18 bits per heavy atom. The predicted molar refractivity (Wildman–Crippen MR) is 196 cm³/mol. The van der Waals surface area contributed by atoms with Crippen molar-refractivity contribution in [1.29, 1.82) is 0 Å². The average molecular weight is 672 g/mol. The number of nitrogens with zero attached hydrogens (tertiary/aromatic N) is 5. The molecule has 10 heteroatoms. The first-order chi connectivity index (χ1) is 22.4. The molecule has 0 N–H and O–H groups in total. The molecule has 0 atom stereocenters. The van der Waals surface area contributed by atoms with Crippen LogP contribution in [0.5, 0.6) is 0 Å². The second kappa shape index (κ2) is 34.3. The van der Waals surface area contributed by atoms with E-state index in [-0.39, 0.29) is 5.78 Å². The van der Waals surface area contributed by atoms with Crippen molar-refractivity contribution < 1.29 is 4.79 Å². The summed E-state index contributed by atoms with van der Waals surface area (Å²) in [6, 6.07) is 35.5. The molecule has 0 amide bonds. The Morgan fingerprint density at radius 2 is 1.02 bits per heavy atom. The Bertz CT molecular complexity index is 1080. The van der Waals surface area contributed by atoms with Gasteiger partial charge >= 0.3 is 0 Å². The van der Waals surface area contributed by atoms with Gasteiger partial charge in [0.1, 0.15) is 17.3 Å². The number of benzene rings is 2. The summed E-state index contributed by atoms with van der Waals surface area (Å²) in [6.07, 6.45) is 13.5. The van der Waals surface area contributed by atoms with E-state index in [0.29, 0.717) is 5.75 Å². The van der Waals surface area contributed by atoms with Crippen molar-refractivity contribution in [2.24, 2.45) is 0 Å². The normalized spacial score (nSPS) is 11.0. The Labute approximate surface area is 283 Å². The van der Waals surface area contributed by atoms with Crippen LogP contribution in [0.15, 0.2) is 185 Å². The van der Waals surface area contributed by atoms with Crippen LogP contribution in [-0.2, 0) is 4.79 Å². The van der Waals surface area contributed by atoms with Gasteiger partial charge in [0.2, 0.25) is 0 Å². The molecule has 0 unspecified atom stereocenters. The molecule has 0 radical (unpaired) electrons. The molecule has 232 valence electrons. The second-order valence-corrected chi connectivity index (χ2v) is 11.1. The highest BCUT2D eigenvalue weighted by atomic mass is 32.2. The number of hydrogen-bond acceptors (Lipinski definition) is 10. The zero-order valence-electron chi connectivity index (χ0n) is 24.8. The standard InChI is InChI=1S/2C6H6.C5H5N.C4H4N2.C4H4OS.C4H6S.C4H4S.C2H2N2S/c3*1-2-4-6-5-3-1;1-2-5-4-6-3-1;5-4-1-2-6-3-4;2*1-2-4-5-3-1;1-3-4-2-5-1/h2*1-6H;1-5H;1-4H;1-2H,3H2;1,3H,2,4H2;1-4H;1-2H. The molecule has 4 aromatic heterocycles. The highest BCUT2D eigenvalue weighted by Gasteiger charge is 1.99. The van der Waals surface area contributed by atoms with Gasteiger partial charge in [-0.3, -0.25) is 9.78 Å². The number of rotatable bonds is 0. The molecule has 0 spiro atoms. The molecule has 0 bridgehead atoms. The van der Waals surface area contributed by atoms with Gasteiger partial charge in [-0.05, 0) is 52.3 Å². The Morgan fingerprint density at radius 1 is 0.511 bits per heavy atom. The third-order valence-electron chi connectivity index (χ3n) is 4.26. The first-order valence-corrected chi connectivity index (χ1v) is 17.7. The number of carbonyl (C=O) groups is 1. The molecule has 6 nitrogen and oxygen atoms in total. The van der Waals surface area contributed by atoms with Gasteiger partial charge in [0.15, 0.2) is 5.78 Å². The summed E-state index contributed by atoms with van der Waals surface area (Å²) in [5.74, 6) is 2.19. The van der Waals surface area contributed by atoms with E-state index < -0.39 is 0 Å². The minimum absolute atomic E-state index is 0.236. The van der Waals surface area contributed by atoms with Gasteiger partial charge in [0, 0.05) is 30.5 Å². The van der Waals surface area contributed by atoms with Crippen LogP contribution >= 0.6 is 46.2 Å². The van der Waals surface area contributed by atoms with Crippen LogP contribution in [0.3, 0.4) is 0 Å². The minimum atomic E-state index is 0.236. The molecule has 8 rings (SSSR count). The summed E-state index contributed by atoms with van der Waals surface area (Å²) in [5.41, 5.74) is 3.36. The van der Waals surface area contributed by atoms with Gasteiger partial charge in [-0.1, -0.05) is 97.1 Å². The highest BCUT2D eigenvalue weighted by molar-refractivity contribution is 8.03. The second-order valence-electron chi connectivity index (χ2n) is 7.72. The third kappa shape index (κ3) is 32.5. The number of thiophene rings is 1. The Hall–Kier alpha value is -4.22. The van der Waals surface area contributed by atoms with Crippen LogP contribution in [0.25, 0.3) is 0 Å². The van der Waals surface area contributed by atoms with Crippen LogP contribution in [0, 0.1) is 0 Å². The number of pyridine rings is 1. The van der Waals surface area contributed by atoms with Gasteiger partial charge in [-0.25, -0.2) is 9.97 Å². The quantitative estimate of drug-likeness (QED) is 0.158. The van der Waals surface area contributed by atoms with Crippen molar-refractivity contribution in [2.75, 3.05) is 11.5 Å². The first-order valence-electron chi connectivity index (χ1n) is 13.7. The fourth-order valence-corrected chi connectivity index (χ4v) is 4.35. The van der Waals surface area contributed by atoms with Crippen molar-refractivity contribution in [3.8, 4) is 0 Å². The van der Waals surface area contributed by atoms with E-state index in [1.165, 1.54) is 29.8 Å². The summed E-state index contributed by atoms with van der Waals surface area (Å²) in [7, 11) is 0. The summed E-state index contributed by atoms with van der Waals surface area (Å²) in [4.78, 5) is 21.3. The number of ketones is 1. The lowest BCUT2D eigenvalue weighted by Gasteiger charge is -1.71. The molecule has 2 aromatic carbocycles. The predicted octanol–water partition coefficient (Wildman–Crippen LogP) is 9.67. The van der Waals surface area contributed by atoms with Crippen molar-refractivity contribution in [2.45, 2.75) is 6.42 Å². The number of hydrogen-bond donors (Lipinski definition) is 0. The summed E-state index contributed by atoms with van der Waals surface area (Å²) >= 11 is 6.65. The molecule has 6 aromatic rings. The fraction of sp³-hybridized carbons (Fsp3) is 0.0857. The molecular formula is C35H37N5OS4. The third-order valence-corrected chi connectivity index (χ3v) is 6.95. The van der Waals surface area contributed by atoms with E-state index in [1.807, 2.05) is 131 Å². The van der Waals surface area contributed by atoms with Gasteiger partial charge < -0.3 is 0 Å². The molecule has 0 saturated carbocycles. The summed E-state index contributed by atoms with van der Waals surface area (Å²) in [6.45, 7) is 0. The van der Waals surface area contributed by atoms with Gasteiger partial charge in [0.05, 0.1) is 5.75 Å². The van der Waals surface area contributed by atoms with Crippen LogP contribution in [0.4, 0.5) is 0 Å². The van der Waals surface area contributed by atoms with Crippen molar-refractivity contribution in [3.05, 3.63) is 185 Å². The highest BCUT2D eigenvalue weighted by Crippen LogP contribution is 2.11. The number of thioether (sulfide) groups is 2. The maximum absolute atomic E-state index is 10.1. The SMILES string of the molecule is C1=CSCC1.O=C1C=CSC1.c1ccccc1.c1ccccc1.c1ccncc1.c1ccsc1.c1cncnc1.c1nncs1. The van der Waals surface area contributed by atoms with E-state index >= 15 is 0 Å². The molecule has 0 fully saturated rings. The lowest BCUT2D eigenvalue weighted by atomic mass is 10.4. The molecule has 0 aliphatic carbocycles. The average Bonchev–Trinajstić information content (AvgIpc) is 4.00. The lowest BCUT2D eigenvalue weighted by Crippen LogP contribution is -1.86. The summed E-state index contributed by atoms with van der Waals surface area (Å²) in [5, 5.41) is 15.0. The zero-order chi connectivity index (χ0) is 32.0. The van der Waals surface area contributed by atoms with E-state index in [2.05, 4.69) is 36.6 Å². The van der Waals surface area contributed by atoms with E-state index in [9.17, 15) is 4.79 Å². The first kappa shape index (κ1) is 38.8. The minimum Gasteiger partial charge on any atom is -0.294 e. The number of carbonyl (C=O) groups excluding carboxylic acids is 1. The van der Waals surface area contributed by atoms with Crippen LogP contribution < -0.4 is 0 Å². The Balaban J connectivity index is 0.000000257. The van der Waals surface area contributed by atoms with Crippen LogP contribution in [-0.4, -0.2) is 42.4 Å². The molecule has 45 heavy (non-hydrogen) atoms. The summed E-state index contributed by atoms with van der Waals surface area (Å²) < 4.78 is 0. The monoisotopic (exact) mass is 671 g/mol. The van der Waals surface area contributed by atoms with Crippen molar-refractivity contribution >= 4 is 52.0 Å². The Kier molecular flexibility index (Phi) is 29.6. The van der Waals surface area contributed by atoms with Gasteiger partial charge in [-0.15, -0.1) is 45.1 Å². The van der Waals surface area contributed by atoms with Gasteiger partial charge in [0.25, 0.3) is 0 Å². The number of allylic oxidation sites excluding steroid dienone is 2. The van der Waals surface area contributed by atoms with E-state index in [0.717, 1.165) is 0 Å². The van der Waals surface area contributed by atoms with Crippen molar-refractivity contribution in [1.82, 2.24) is 25.1 Å². The number of aromatic nitrogens is 5. The maximum atomic E-state index is 10.1. The molecular weight excluding hydrogens is 635 g/mol. The van der Waals surface area contributed by atoms with Gasteiger partial charge in [-0.2, -0.15) is 11.3 Å².